The highest BCUT2D eigenvalue weighted by molar-refractivity contribution is 6.00. The fourth-order valence-electron chi connectivity index (χ4n) is 16.9. The number of nitrogens with two attached hydrogens (primary N) is 1. The third-order valence-corrected chi connectivity index (χ3v) is 24.1. The van der Waals surface area contributed by atoms with Crippen molar-refractivity contribution >= 4 is 88.8 Å². The van der Waals surface area contributed by atoms with E-state index in [4.69, 9.17) is 62.6 Å². The van der Waals surface area contributed by atoms with Crippen LogP contribution in [-0.2, 0) is 114 Å². The number of amides is 12. The van der Waals surface area contributed by atoms with Gasteiger partial charge in [-0.3, -0.25) is 71.9 Å². The van der Waals surface area contributed by atoms with Crippen molar-refractivity contribution in [1.29, 1.82) is 0 Å². The predicted molar refractivity (Wildman–Crippen MR) is 487 cm³/mol. The standard InChI is InChI=1S/C93H155N13O27/c1-17-71-54(5)55(6)79(101-59(10)107)90(130-71)123-48-31-25-37-77(116)105-69(33-21-27-40-95-75(114)35-23-29-46-124-91-80(102-60(11)108)56(7)83(127-63(14)111)72(18-2)131-91)88(120)99-44-42-97-86(118)66-51-67(53-68(52-66)122-50-39-94)87(119)98-43-45-100-89(121)70(106-78(117)38-26-32-49-126-93-82(104-62(13)110)58(9)85(129-65(16)113)74(20-4)133-93)34-22-28-41-96-76(115)36-24-30-47-125-92-81(103-61(12)109)57(8)84(128-64(15)112)73(19-3)132-92/h51-58,69-74,79-85,90-93H,17-50,94H2,1-16H3,(H,95,114)(H,96,115)(H,97,118)(H,98,119)(H,99,120)(H,100,121)(H,101,107)(H,102,108)(H,103,109)(H,104,110)(H,105,116)(H,106,117)/t54?,55?,56?,57?,58?,69-,70-,71?,72?,73?,74?,79?,80?,81?,82?,83?,84?,85?,90?,91?,92?,93?/m0/s1. The second-order valence-corrected chi connectivity index (χ2v) is 34.9. The van der Waals surface area contributed by atoms with Crippen molar-refractivity contribution < 1.29 is 129 Å². The van der Waals surface area contributed by atoms with Gasteiger partial charge in [0.05, 0.1) is 48.6 Å². The lowest BCUT2D eigenvalue weighted by atomic mass is 9.81. The molecule has 14 N–H and O–H groups in total. The summed E-state index contributed by atoms with van der Waals surface area (Å²) in [7, 11) is 0. The normalized spacial score (nSPS) is 25.4. The third kappa shape index (κ3) is 41.0. The highest BCUT2D eigenvalue weighted by Crippen LogP contribution is 2.36. The molecule has 20 unspecified atom stereocenters. The highest BCUT2D eigenvalue weighted by Gasteiger charge is 2.50. The first-order chi connectivity index (χ1) is 63.4. The molecule has 0 saturated carbocycles. The van der Waals surface area contributed by atoms with Gasteiger partial charge in [-0.25, -0.2) is 0 Å². The van der Waals surface area contributed by atoms with E-state index >= 15 is 0 Å². The van der Waals surface area contributed by atoms with Crippen LogP contribution in [0.25, 0.3) is 0 Å². The third-order valence-electron chi connectivity index (χ3n) is 24.1. The van der Waals surface area contributed by atoms with Gasteiger partial charge in [0.2, 0.25) is 59.1 Å². The maximum Gasteiger partial charge on any atom is 0.303 e. The first-order valence-electron chi connectivity index (χ1n) is 47.8. The number of unbranched alkanes of at least 4 members (excludes halogenated alkanes) is 6. The molecule has 0 aliphatic carbocycles. The first kappa shape index (κ1) is 114. The second kappa shape index (κ2) is 61.7. The summed E-state index contributed by atoms with van der Waals surface area (Å²) in [4.78, 5) is 194. The zero-order valence-corrected chi connectivity index (χ0v) is 81.1. The molecule has 0 spiro atoms. The maximum absolute atomic E-state index is 14.0. The maximum atomic E-state index is 14.0. The van der Waals surface area contributed by atoms with E-state index in [9.17, 15) is 71.9 Å². The van der Waals surface area contributed by atoms with Crippen molar-refractivity contribution in [3.8, 4) is 5.75 Å². The molecule has 4 aliphatic heterocycles. The number of benzene rings is 1. The Labute approximate surface area is 783 Å². The molecule has 22 atom stereocenters. The van der Waals surface area contributed by atoms with E-state index < -0.39 is 145 Å². The van der Waals surface area contributed by atoms with Gasteiger partial charge in [-0.2, -0.15) is 0 Å². The minimum atomic E-state index is -1.04. The van der Waals surface area contributed by atoms with Crippen LogP contribution in [0, 0.1) is 29.6 Å². The topological polar surface area (TPSA) is 537 Å². The van der Waals surface area contributed by atoms with Crippen LogP contribution in [0.4, 0.5) is 0 Å². The summed E-state index contributed by atoms with van der Waals surface area (Å²) in [5, 5.41) is 34.3. The lowest BCUT2D eigenvalue weighted by molar-refractivity contribution is -0.256. The van der Waals surface area contributed by atoms with Gasteiger partial charge in [0, 0.05) is 175 Å². The lowest BCUT2D eigenvalue weighted by Crippen LogP contribution is -2.61. The molecular formula is C93H155N13O27. The van der Waals surface area contributed by atoms with E-state index in [-0.39, 0.29) is 211 Å². The van der Waals surface area contributed by atoms with E-state index in [1.165, 1.54) is 66.7 Å². The Morgan fingerprint density at radius 3 is 0.940 bits per heavy atom. The number of ether oxygens (including phenoxy) is 12. The molecule has 1 aromatic carbocycles. The van der Waals surface area contributed by atoms with E-state index in [1.54, 1.807) is 0 Å². The van der Waals surface area contributed by atoms with Crippen molar-refractivity contribution in [3.05, 3.63) is 29.3 Å². The number of hydrogen-bond acceptors (Lipinski definition) is 28. The molecule has 40 nitrogen and oxygen atoms in total. The van der Waals surface area contributed by atoms with Crippen molar-refractivity contribution in [1.82, 2.24) is 63.8 Å². The average molecular weight is 1890 g/mol. The van der Waals surface area contributed by atoms with Crippen LogP contribution >= 0.6 is 0 Å². The number of carbonyl (C=O) groups excluding carboxylic acids is 15. The molecule has 4 saturated heterocycles. The molecule has 754 valence electrons. The molecule has 4 heterocycles. The summed E-state index contributed by atoms with van der Waals surface area (Å²) < 4.78 is 72.0. The van der Waals surface area contributed by atoms with Crippen molar-refractivity contribution in [3.63, 3.8) is 0 Å². The Kier molecular flexibility index (Phi) is 52.9. The number of carbonyl (C=O) groups is 15. The predicted octanol–water partition coefficient (Wildman–Crippen LogP) is 4.54. The van der Waals surface area contributed by atoms with Gasteiger partial charge in [0.15, 0.2) is 25.2 Å². The Morgan fingerprint density at radius 2 is 0.639 bits per heavy atom. The highest BCUT2D eigenvalue weighted by atomic mass is 16.7. The van der Waals surface area contributed by atoms with Gasteiger partial charge in [0.1, 0.15) is 42.8 Å². The van der Waals surface area contributed by atoms with Gasteiger partial charge in [-0.1, -0.05) is 62.3 Å². The molecule has 0 aromatic heterocycles. The summed E-state index contributed by atoms with van der Waals surface area (Å²) >= 11 is 0. The van der Waals surface area contributed by atoms with Crippen LogP contribution < -0.4 is 74.3 Å². The number of rotatable bonds is 60. The fourth-order valence-corrected chi connectivity index (χ4v) is 16.9. The Balaban J connectivity index is 1.16. The number of hydrogen-bond donors (Lipinski definition) is 13. The molecule has 1 aromatic rings. The Bertz CT molecular complexity index is 3850. The van der Waals surface area contributed by atoms with Crippen LogP contribution in [0.3, 0.4) is 0 Å². The monoisotopic (exact) mass is 1890 g/mol. The van der Waals surface area contributed by atoms with E-state index in [1.807, 2.05) is 48.5 Å². The van der Waals surface area contributed by atoms with E-state index in [0.29, 0.717) is 96.3 Å². The molecule has 133 heavy (non-hydrogen) atoms. The summed E-state index contributed by atoms with van der Waals surface area (Å²) in [5.74, 6) is -6.72. The number of esters is 3. The minimum absolute atomic E-state index is 0.00195. The van der Waals surface area contributed by atoms with Gasteiger partial charge in [-0.05, 0) is 146 Å². The summed E-state index contributed by atoms with van der Waals surface area (Å²) in [6, 6.07) is -0.0640. The quantitative estimate of drug-likeness (QED) is 0.0242. The van der Waals surface area contributed by atoms with Gasteiger partial charge >= 0.3 is 17.9 Å². The molecular weight excluding hydrogens is 1730 g/mol. The molecule has 40 heteroatoms. The van der Waals surface area contributed by atoms with Crippen LogP contribution in [0.1, 0.15) is 273 Å². The van der Waals surface area contributed by atoms with Crippen LogP contribution in [0.5, 0.6) is 5.75 Å². The van der Waals surface area contributed by atoms with Gasteiger partial charge < -0.3 is 126 Å². The molecule has 0 radical (unpaired) electrons. The zero-order valence-electron chi connectivity index (χ0n) is 81.1. The van der Waals surface area contributed by atoms with E-state index in [0.717, 1.165) is 6.42 Å². The molecule has 5 rings (SSSR count). The Morgan fingerprint density at radius 1 is 0.338 bits per heavy atom. The van der Waals surface area contributed by atoms with Crippen LogP contribution in [0.2, 0.25) is 0 Å². The van der Waals surface area contributed by atoms with E-state index in [2.05, 4.69) is 77.6 Å². The van der Waals surface area contributed by atoms with Crippen LogP contribution in [-0.4, -0.2) is 272 Å². The molecule has 4 fully saturated rings. The summed E-state index contributed by atoms with van der Waals surface area (Å²) in [6.45, 7) is 28.1. The minimum Gasteiger partial charge on any atom is -0.492 e. The van der Waals surface area contributed by atoms with Gasteiger partial charge in [0.25, 0.3) is 11.8 Å². The first-order valence-corrected chi connectivity index (χ1v) is 47.8. The molecule has 4 aliphatic rings. The smallest absolute Gasteiger partial charge is 0.303 e. The zero-order chi connectivity index (χ0) is 98.2. The van der Waals surface area contributed by atoms with Crippen molar-refractivity contribution in [2.24, 2.45) is 35.3 Å². The fraction of sp³-hybridized carbons (Fsp3) is 0.774. The summed E-state index contributed by atoms with van der Waals surface area (Å²) in [6.07, 6.45) is 1.91. The number of nitrogens with one attached hydrogen (secondary N) is 12. The van der Waals surface area contributed by atoms with Crippen LogP contribution in [0.15, 0.2) is 18.2 Å². The summed E-state index contributed by atoms with van der Waals surface area (Å²) in [5.41, 5.74) is 5.81. The molecule has 12 amide bonds. The average Bonchev–Trinajstić information content (AvgIpc) is 0.807. The van der Waals surface area contributed by atoms with Gasteiger partial charge in [-0.15, -0.1) is 0 Å². The second-order valence-electron chi connectivity index (χ2n) is 34.9. The lowest BCUT2D eigenvalue weighted by Gasteiger charge is -2.44. The Hall–Kier alpha value is -9.29. The molecule has 0 bridgehead atoms. The largest absolute Gasteiger partial charge is 0.492 e. The SMILES string of the molecule is CCC1OC(OCCCCC(=O)N[C@@H](CCCCNC(=O)CCCCOC2OC(CC)C(OC(C)=O)C(C)C2NC(C)=O)C(=O)NCCNC(=O)c2cc(OCCN)cc(C(=O)NCCNC(=O)[C@H](CCCCNC(=O)CCCCOC3OC(CC)C(OC(C)=O)C(C)C3NC(C)=O)NC(=O)CCCCOC3OC(CC)C(OC(C)=O)C(C)C3NC(C)=O)c2)C(NC(C)=O)C(C)C1C. The van der Waals surface area contributed by atoms with Crippen molar-refractivity contribution in [2.45, 2.75) is 356 Å². The van der Waals surface area contributed by atoms with Crippen molar-refractivity contribution in [2.75, 3.05) is 78.8 Å².